The maximum atomic E-state index is 11.1. The summed E-state index contributed by atoms with van der Waals surface area (Å²) in [7, 11) is 0. The molecule has 1 aromatic rings. The number of carbonyl (C=O) groups is 1. The van der Waals surface area contributed by atoms with E-state index < -0.39 is 0 Å². The van der Waals surface area contributed by atoms with Crippen molar-refractivity contribution in [3.63, 3.8) is 0 Å². The zero-order chi connectivity index (χ0) is 11.5. The molecular weight excluding hydrogens is 208 g/mol. The van der Waals surface area contributed by atoms with Crippen LogP contribution >= 0.6 is 0 Å². The van der Waals surface area contributed by atoms with Gasteiger partial charge >= 0.3 is 0 Å². The van der Waals surface area contributed by atoms with E-state index in [-0.39, 0.29) is 18.0 Å². The van der Waals surface area contributed by atoms with Crippen LogP contribution in [0.15, 0.2) is 12.1 Å². The lowest BCUT2D eigenvalue weighted by atomic mass is 10.1. The first kappa shape index (κ1) is 10.8. The zero-order valence-electron chi connectivity index (χ0n) is 9.16. The normalized spacial score (nSPS) is 14.3. The summed E-state index contributed by atoms with van der Waals surface area (Å²) in [4.78, 5) is 11.1. The van der Waals surface area contributed by atoms with Gasteiger partial charge in [0, 0.05) is 18.4 Å². The molecule has 1 aliphatic rings. The van der Waals surface area contributed by atoms with Crippen molar-refractivity contribution in [1.29, 1.82) is 0 Å². The van der Waals surface area contributed by atoms with Crippen molar-refractivity contribution in [3.05, 3.63) is 17.7 Å². The van der Waals surface area contributed by atoms with E-state index in [4.69, 9.17) is 9.47 Å². The van der Waals surface area contributed by atoms with Gasteiger partial charge in [0.05, 0.1) is 13.2 Å². The van der Waals surface area contributed by atoms with Crippen molar-refractivity contribution < 1.29 is 19.4 Å². The van der Waals surface area contributed by atoms with Crippen molar-refractivity contribution >= 4 is 5.78 Å². The van der Waals surface area contributed by atoms with Crippen LogP contribution in [-0.4, -0.2) is 24.1 Å². The summed E-state index contributed by atoms with van der Waals surface area (Å²) in [6.07, 6.45) is 0.966. The van der Waals surface area contributed by atoms with E-state index >= 15 is 0 Å². The Hall–Kier alpha value is -1.71. The van der Waals surface area contributed by atoms with Crippen molar-refractivity contribution in [2.45, 2.75) is 19.8 Å². The van der Waals surface area contributed by atoms with Crippen molar-refractivity contribution in [2.75, 3.05) is 13.2 Å². The van der Waals surface area contributed by atoms with Crippen molar-refractivity contribution in [3.8, 4) is 17.2 Å². The minimum Gasteiger partial charge on any atom is -0.508 e. The molecule has 0 saturated carbocycles. The summed E-state index contributed by atoms with van der Waals surface area (Å²) in [6, 6.07) is 3.20. The van der Waals surface area contributed by atoms with Crippen LogP contribution in [0.25, 0.3) is 0 Å². The Kier molecular flexibility index (Phi) is 2.99. The number of phenolic OH excluding ortho intramolecular Hbond substituents is 1. The molecule has 0 aromatic heterocycles. The van der Waals surface area contributed by atoms with E-state index in [9.17, 15) is 9.90 Å². The van der Waals surface area contributed by atoms with E-state index in [0.29, 0.717) is 30.3 Å². The molecule has 0 bridgehead atoms. The number of hydrogen-bond acceptors (Lipinski definition) is 4. The van der Waals surface area contributed by atoms with Gasteiger partial charge in [0.15, 0.2) is 11.5 Å². The smallest absolute Gasteiger partial charge is 0.168 e. The third-order valence-electron chi connectivity index (χ3n) is 2.42. The third kappa shape index (κ3) is 2.10. The summed E-state index contributed by atoms with van der Waals surface area (Å²) < 4.78 is 11.0. The average Bonchev–Trinajstić information content (AvgIpc) is 2.47. The van der Waals surface area contributed by atoms with Crippen LogP contribution in [-0.2, 0) is 11.2 Å². The van der Waals surface area contributed by atoms with Gasteiger partial charge in [0.25, 0.3) is 0 Å². The molecule has 4 heteroatoms. The Morgan fingerprint density at radius 1 is 1.38 bits per heavy atom. The quantitative estimate of drug-likeness (QED) is 0.827. The van der Waals surface area contributed by atoms with E-state index in [2.05, 4.69) is 0 Å². The fourth-order valence-electron chi connectivity index (χ4n) is 1.70. The van der Waals surface area contributed by atoms with E-state index in [1.807, 2.05) is 0 Å². The van der Waals surface area contributed by atoms with Gasteiger partial charge in [-0.05, 0) is 19.1 Å². The van der Waals surface area contributed by atoms with Gasteiger partial charge in [0.1, 0.15) is 11.5 Å². The van der Waals surface area contributed by atoms with Gasteiger partial charge < -0.3 is 14.6 Å². The molecule has 0 spiro atoms. The van der Waals surface area contributed by atoms with Crippen molar-refractivity contribution in [2.24, 2.45) is 0 Å². The molecule has 0 fully saturated rings. The van der Waals surface area contributed by atoms with Crippen LogP contribution in [0.3, 0.4) is 0 Å². The molecule has 2 rings (SSSR count). The molecule has 0 radical (unpaired) electrons. The second-order valence-electron chi connectivity index (χ2n) is 3.82. The lowest BCUT2D eigenvalue weighted by molar-refractivity contribution is -0.116. The van der Waals surface area contributed by atoms with Crippen molar-refractivity contribution in [1.82, 2.24) is 0 Å². The van der Waals surface area contributed by atoms with Crippen LogP contribution in [0, 0.1) is 0 Å². The average molecular weight is 222 g/mol. The van der Waals surface area contributed by atoms with Gasteiger partial charge in [0.2, 0.25) is 0 Å². The number of carbonyl (C=O) groups excluding carboxylic acids is 1. The minimum atomic E-state index is -0.0171. The largest absolute Gasteiger partial charge is 0.508 e. The molecule has 86 valence electrons. The Morgan fingerprint density at radius 2 is 2.12 bits per heavy atom. The maximum absolute atomic E-state index is 11.1. The molecule has 0 aliphatic carbocycles. The number of ketones is 1. The third-order valence-corrected chi connectivity index (χ3v) is 2.42. The minimum absolute atomic E-state index is 0.0171. The molecule has 16 heavy (non-hydrogen) atoms. The Balaban J connectivity index is 2.44. The first-order valence-electron chi connectivity index (χ1n) is 5.28. The number of hydrogen-bond donors (Lipinski definition) is 1. The molecule has 1 aromatic carbocycles. The van der Waals surface area contributed by atoms with Gasteiger partial charge in [-0.25, -0.2) is 0 Å². The fraction of sp³-hybridized carbons (Fsp3) is 0.417. The predicted molar refractivity (Wildman–Crippen MR) is 58.1 cm³/mol. The molecular formula is C12H14O4. The standard InChI is InChI=1S/C12H14O4/c1-8(13)7-9-10(14)3-4-11-12(9)16-6-2-5-15-11/h3-4,14H,2,5-7H2,1H3. The molecule has 1 heterocycles. The first-order valence-corrected chi connectivity index (χ1v) is 5.28. The second kappa shape index (κ2) is 4.43. The number of ether oxygens (including phenoxy) is 2. The summed E-state index contributed by atoms with van der Waals surface area (Å²) in [5.74, 6) is 1.18. The van der Waals surface area contributed by atoms with Crippen LogP contribution in [0.1, 0.15) is 18.9 Å². The summed E-state index contributed by atoms with van der Waals surface area (Å²) in [6.45, 7) is 2.62. The summed E-state index contributed by atoms with van der Waals surface area (Å²) in [5, 5.41) is 9.72. The van der Waals surface area contributed by atoms with Gasteiger partial charge in [-0.1, -0.05) is 0 Å². The SMILES string of the molecule is CC(=O)Cc1c(O)ccc2c1OCCCO2. The van der Waals surface area contributed by atoms with Gasteiger partial charge in [-0.3, -0.25) is 4.79 Å². The monoisotopic (exact) mass is 222 g/mol. The molecule has 0 atom stereocenters. The highest BCUT2D eigenvalue weighted by Crippen LogP contribution is 2.38. The Morgan fingerprint density at radius 3 is 2.88 bits per heavy atom. The van der Waals surface area contributed by atoms with E-state index in [1.165, 1.54) is 13.0 Å². The highest BCUT2D eigenvalue weighted by Gasteiger charge is 2.19. The maximum Gasteiger partial charge on any atom is 0.168 e. The number of Topliss-reactive ketones (excluding diaryl/α,β-unsaturated/α-hetero) is 1. The zero-order valence-corrected chi connectivity index (χ0v) is 9.16. The fourth-order valence-corrected chi connectivity index (χ4v) is 1.70. The molecule has 0 amide bonds. The number of fused-ring (bicyclic) bond motifs is 1. The Labute approximate surface area is 93.8 Å². The van der Waals surface area contributed by atoms with E-state index in [0.717, 1.165) is 6.42 Å². The number of benzene rings is 1. The summed E-state index contributed by atoms with van der Waals surface area (Å²) in [5.41, 5.74) is 0.520. The first-order chi connectivity index (χ1) is 7.68. The highest BCUT2D eigenvalue weighted by atomic mass is 16.5. The molecule has 4 nitrogen and oxygen atoms in total. The second-order valence-corrected chi connectivity index (χ2v) is 3.82. The van der Waals surface area contributed by atoms with E-state index in [1.54, 1.807) is 6.07 Å². The van der Waals surface area contributed by atoms with Gasteiger partial charge in [-0.2, -0.15) is 0 Å². The molecule has 0 unspecified atom stereocenters. The van der Waals surface area contributed by atoms with Crippen LogP contribution in [0.4, 0.5) is 0 Å². The van der Waals surface area contributed by atoms with Crippen LogP contribution < -0.4 is 9.47 Å². The predicted octanol–water partition coefficient (Wildman–Crippen LogP) is 1.69. The Bertz CT molecular complexity index is 412. The number of phenols is 1. The van der Waals surface area contributed by atoms with Crippen LogP contribution in [0.5, 0.6) is 17.2 Å². The summed E-state index contributed by atoms with van der Waals surface area (Å²) >= 11 is 0. The van der Waals surface area contributed by atoms with Crippen LogP contribution in [0.2, 0.25) is 0 Å². The highest BCUT2D eigenvalue weighted by molar-refractivity contribution is 5.80. The molecule has 1 aliphatic heterocycles. The van der Waals surface area contributed by atoms with Gasteiger partial charge in [-0.15, -0.1) is 0 Å². The topological polar surface area (TPSA) is 55.8 Å². The number of aromatic hydroxyl groups is 1. The lowest BCUT2D eigenvalue weighted by Gasteiger charge is -2.12. The number of rotatable bonds is 2. The lowest BCUT2D eigenvalue weighted by Crippen LogP contribution is -2.02. The molecule has 0 saturated heterocycles. The molecule has 1 N–H and O–H groups in total.